The van der Waals surface area contributed by atoms with Crippen LogP contribution in [0.3, 0.4) is 0 Å². The van der Waals surface area contributed by atoms with Crippen molar-refractivity contribution in [2.75, 3.05) is 19.1 Å². The Hall–Kier alpha value is -4.67. The first-order valence-corrected chi connectivity index (χ1v) is 12.9. The fraction of sp³-hybridized carbons (Fsp3) is 0.345. The van der Waals surface area contributed by atoms with Gasteiger partial charge in [-0.1, -0.05) is 12.8 Å². The molecule has 1 aliphatic carbocycles. The van der Waals surface area contributed by atoms with E-state index in [-0.39, 0.29) is 31.3 Å². The Balaban J connectivity index is 1.71. The summed E-state index contributed by atoms with van der Waals surface area (Å²) >= 11 is 0. The number of carbonyl (C=O) groups excluding carboxylic acids is 2. The number of halogens is 6. The summed E-state index contributed by atoms with van der Waals surface area (Å²) in [5, 5.41) is 6.91. The van der Waals surface area contributed by atoms with Gasteiger partial charge < -0.3 is 14.8 Å². The van der Waals surface area contributed by atoms with Gasteiger partial charge in [-0.15, -0.1) is 11.5 Å². The maximum atomic E-state index is 13.8. The number of hydrogen-bond donors (Lipinski definition) is 1. The molecule has 1 saturated carbocycles. The summed E-state index contributed by atoms with van der Waals surface area (Å²) in [6.45, 7) is 0.00469. The molecule has 8 nitrogen and oxygen atoms in total. The molecule has 0 bridgehead atoms. The van der Waals surface area contributed by atoms with Gasteiger partial charge in [0, 0.05) is 30.4 Å². The smallest absolute Gasteiger partial charge is 0.416 e. The van der Waals surface area contributed by atoms with Gasteiger partial charge in [-0.2, -0.15) is 26.3 Å². The summed E-state index contributed by atoms with van der Waals surface area (Å²) in [6, 6.07) is 7.19. The number of aromatic nitrogens is 2. The average Bonchev–Trinajstić information content (AvgIpc) is 3.66. The number of terminal acetylenes is 1. The van der Waals surface area contributed by atoms with Gasteiger partial charge in [0.15, 0.2) is 5.82 Å². The fourth-order valence-corrected chi connectivity index (χ4v) is 5.08. The SMILES string of the molecule is C#CC(=O)N(c1ccn(-c2cc(C(F)(F)F)cc(C(F)(F)F)c2)n1)C1(C(=O)NCc2ccc(OC)cc2OC)CCCC1. The van der Waals surface area contributed by atoms with Crippen LogP contribution in [-0.4, -0.2) is 41.4 Å². The standard InChI is InChI=1S/C29H26F6N4O4/c1-4-25(40)39(24-9-12-38(37-24)21-14-19(28(30,31)32)13-20(15-21)29(33,34)35)27(10-5-6-11-27)26(41)36-17-18-7-8-22(42-2)16-23(18)43-3/h1,7-9,12-16H,5-6,10-11,17H2,2-3H3,(H,36,41). The second kappa shape index (κ2) is 11.9. The lowest BCUT2D eigenvalue weighted by molar-refractivity contribution is -0.143. The van der Waals surface area contributed by atoms with Gasteiger partial charge in [0.25, 0.3) is 0 Å². The lowest BCUT2D eigenvalue weighted by Crippen LogP contribution is -2.59. The molecule has 1 heterocycles. The molecular formula is C29H26F6N4O4. The Labute approximate surface area is 242 Å². The van der Waals surface area contributed by atoms with Crippen molar-refractivity contribution in [1.29, 1.82) is 0 Å². The van der Waals surface area contributed by atoms with Gasteiger partial charge >= 0.3 is 18.3 Å². The maximum absolute atomic E-state index is 13.8. The molecule has 1 aromatic heterocycles. The number of nitrogens with zero attached hydrogens (tertiary/aromatic N) is 3. The topological polar surface area (TPSA) is 85.7 Å². The number of alkyl halides is 6. The molecule has 2 aromatic carbocycles. The summed E-state index contributed by atoms with van der Waals surface area (Å²) < 4.78 is 91.9. The van der Waals surface area contributed by atoms with Gasteiger partial charge in [0.1, 0.15) is 17.0 Å². The van der Waals surface area contributed by atoms with Crippen molar-refractivity contribution in [2.45, 2.75) is 50.1 Å². The number of anilines is 1. The van der Waals surface area contributed by atoms with Crippen LogP contribution < -0.4 is 19.7 Å². The first-order chi connectivity index (χ1) is 20.2. The number of benzene rings is 2. The van der Waals surface area contributed by atoms with Crippen molar-refractivity contribution in [2.24, 2.45) is 0 Å². The first kappa shape index (κ1) is 31.3. The van der Waals surface area contributed by atoms with Crippen LogP contribution in [0.25, 0.3) is 5.69 Å². The molecular weight excluding hydrogens is 582 g/mol. The third-order valence-corrected chi connectivity index (χ3v) is 7.18. The summed E-state index contributed by atoms with van der Waals surface area (Å²) in [6.07, 6.45) is -2.18. The molecule has 1 fully saturated rings. The molecule has 1 N–H and O–H groups in total. The Kier molecular flexibility index (Phi) is 8.66. The van der Waals surface area contributed by atoms with E-state index < -0.39 is 46.5 Å². The third-order valence-electron chi connectivity index (χ3n) is 7.18. The summed E-state index contributed by atoms with van der Waals surface area (Å²) in [5.41, 5.74) is -4.54. The van der Waals surface area contributed by atoms with E-state index in [1.165, 1.54) is 20.3 Å². The number of amides is 2. The fourth-order valence-electron chi connectivity index (χ4n) is 5.08. The third kappa shape index (κ3) is 6.40. The van der Waals surface area contributed by atoms with Crippen LogP contribution >= 0.6 is 0 Å². The minimum Gasteiger partial charge on any atom is -0.497 e. The first-order valence-electron chi connectivity index (χ1n) is 12.9. The van der Waals surface area contributed by atoms with E-state index in [4.69, 9.17) is 15.9 Å². The highest BCUT2D eigenvalue weighted by Crippen LogP contribution is 2.40. The van der Waals surface area contributed by atoms with E-state index in [1.807, 2.05) is 5.92 Å². The molecule has 0 saturated heterocycles. The monoisotopic (exact) mass is 608 g/mol. The van der Waals surface area contributed by atoms with Crippen LogP contribution in [0.1, 0.15) is 42.4 Å². The van der Waals surface area contributed by atoms with E-state index in [0.29, 0.717) is 42.0 Å². The van der Waals surface area contributed by atoms with Crippen molar-refractivity contribution < 1.29 is 45.4 Å². The largest absolute Gasteiger partial charge is 0.497 e. The highest BCUT2D eigenvalue weighted by molar-refractivity contribution is 6.10. The molecule has 4 rings (SSSR count). The zero-order chi connectivity index (χ0) is 31.6. The van der Waals surface area contributed by atoms with Crippen LogP contribution in [0.15, 0.2) is 48.7 Å². The van der Waals surface area contributed by atoms with Crippen LogP contribution in [0.4, 0.5) is 32.2 Å². The zero-order valence-electron chi connectivity index (χ0n) is 23.0. The summed E-state index contributed by atoms with van der Waals surface area (Å²) in [7, 11) is 2.94. The number of methoxy groups -OCH3 is 2. The second-order valence-electron chi connectivity index (χ2n) is 9.77. The van der Waals surface area contributed by atoms with Crippen molar-refractivity contribution in [3.8, 4) is 29.5 Å². The predicted molar refractivity (Wildman–Crippen MR) is 142 cm³/mol. The zero-order valence-corrected chi connectivity index (χ0v) is 23.0. The van der Waals surface area contributed by atoms with Crippen LogP contribution in [0, 0.1) is 12.3 Å². The number of rotatable bonds is 8. The van der Waals surface area contributed by atoms with E-state index in [0.717, 1.165) is 15.8 Å². The van der Waals surface area contributed by atoms with E-state index in [1.54, 1.807) is 18.2 Å². The van der Waals surface area contributed by atoms with Crippen LogP contribution in [0.2, 0.25) is 0 Å². The minimum atomic E-state index is -5.07. The minimum absolute atomic E-state index is 0.00223. The Morgan fingerprint density at radius 1 is 1.00 bits per heavy atom. The molecule has 3 aromatic rings. The molecule has 14 heteroatoms. The second-order valence-corrected chi connectivity index (χ2v) is 9.77. The quantitative estimate of drug-likeness (QED) is 0.269. The number of nitrogens with one attached hydrogen (secondary N) is 1. The lowest BCUT2D eigenvalue weighted by atomic mass is 9.93. The summed E-state index contributed by atoms with van der Waals surface area (Å²) in [5.74, 6) is 1.19. The normalized spacial score (nSPS) is 14.6. The molecule has 0 unspecified atom stereocenters. The average molecular weight is 609 g/mol. The molecule has 228 valence electrons. The van der Waals surface area contributed by atoms with Crippen molar-refractivity contribution in [3.05, 3.63) is 65.4 Å². The van der Waals surface area contributed by atoms with Crippen LogP contribution in [0.5, 0.6) is 11.5 Å². The lowest BCUT2D eigenvalue weighted by Gasteiger charge is -2.37. The van der Waals surface area contributed by atoms with Gasteiger partial charge in [-0.3, -0.25) is 14.5 Å². The Morgan fingerprint density at radius 2 is 1.63 bits per heavy atom. The van der Waals surface area contributed by atoms with Gasteiger partial charge in [0.2, 0.25) is 5.91 Å². The molecule has 2 amide bonds. The molecule has 0 atom stereocenters. The van der Waals surface area contributed by atoms with E-state index in [9.17, 15) is 35.9 Å². The molecule has 1 aliphatic rings. The predicted octanol–water partition coefficient (Wildman–Crippen LogP) is 5.52. The number of ether oxygens (including phenoxy) is 2. The van der Waals surface area contributed by atoms with Crippen LogP contribution in [-0.2, 0) is 28.5 Å². The highest BCUT2D eigenvalue weighted by atomic mass is 19.4. The van der Waals surface area contributed by atoms with Crippen molar-refractivity contribution >= 4 is 17.6 Å². The van der Waals surface area contributed by atoms with E-state index >= 15 is 0 Å². The number of carbonyl (C=O) groups is 2. The molecule has 0 aliphatic heterocycles. The highest BCUT2D eigenvalue weighted by Gasteiger charge is 2.50. The molecule has 43 heavy (non-hydrogen) atoms. The number of hydrogen-bond acceptors (Lipinski definition) is 5. The molecule has 0 spiro atoms. The molecule has 0 radical (unpaired) electrons. The Morgan fingerprint density at radius 3 is 2.16 bits per heavy atom. The maximum Gasteiger partial charge on any atom is 0.416 e. The van der Waals surface area contributed by atoms with Crippen molar-refractivity contribution in [1.82, 2.24) is 15.1 Å². The van der Waals surface area contributed by atoms with Crippen molar-refractivity contribution in [3.63, 3.8) is 0 Å². The van der Waals surface area contributed by atoms with Gasteiger partial charge in [-0.25, -0.2) is 4.68 Å². The van der Waals surface area contributed by atoms with E-state index in [2.05, 4.69) is 10.4 Å². The van der Waals surface area contributed by atoms with Gasteiger partial charge in [0.05, 0.1) is 31.0 Å². The Bertz CT molecular complexity index is 1520. The van der Waals surface area contributed by atoms with Gasteiger partial charge in [-0.05, 0) is 49.1 Å². The summed E-state index contributed by atoms with van der Waals surface area (Å²) in [4.78, 5) is 27.8.